The van der Waals surface area contributed by atoms with Gasteiger partial charge in [-0.25, -0.2) is 22.2 Å². The second-order valence-electron chi connectivity index (χ2n) is 6.18. The van der Waals surface area contributed by atoms with Crippen LogP contribution in [0.3, 0.4) is 0 Å². The van der Waals surface area contributed by atoms with Crippen molar-refractivity contribution in [2.24, 2.45) is 0 Å². The van der Waals surface area contributed by atoms with E-state index in [1.54, 1.807) is 6.07 Å². The molecule has 0 aliphatic carbocycles. The molecule has 4 aromatic rings. The van der Waals surface area contributed by atoms with Gasteiger partial charge in [-0.1, -0.05) is 11.8 Å². The van der Waals surface area contributed by atoms with Crippen LogP contribution in [-0.4, -0.2) is 35.7 Å². The Labute approximate surface area is 175 Å². The van der Waals surface area contributed by atoms with Crippen molar-refractivity contribution in [3.63, 3.8) is 0 Å². The molecule has 0 atom stereocenters. The van der Waals surface area contributed by atoms with Crippen LogP contribution in [0.4, 0.5) is 14.5 Å². The smallest absolute Gasteiger partial charge is 0.263 e. The zero-order chi connectivity index (χ0) is 22.0. The minimum Gasteiger partial charge on any atom is -0.479 e. The van der Waals surface area contributed by atoms with Crippen molar-refractivity contribution >= 4 is 26.7 Å². The summed E-state index contributed by atoms with van der Waals surface area (Å²) >= 11 is 0. The van der Waals surface area contributed by atoms with Crippen molar-refractivity contribution in [2.45, 2.75) is 4.90 Å². The normalized spacial score (nSPS) is 11.1. The second-order valence-corrected chi connectivity index (χ2v) is 7.86. The highest BCUT2D eigenvalue weighted by molar-refractivity contribution is 7.92. The van der Waals surface area contributed by atoms with E-state index in [-0.39, 0.29) is 4.90 Å². The Hall–Kier alpha value is -4.04. The molecule has 3 heterocycles. The predicted octanol–water partition coefficient (Wildman–Crippen LogP) is 2.84. The zero-order valence-electron chi connectivity index (χ0n) is 15.8. The molecule has 1 aromatic carbocycles. The first-order chi connectivity index (χ1) is 14.9. The Bertz CT molecular complexity index is 1440. The molecule has 0 radical (unpaired) electrons. The molecule has 4 rings (SSSR count). The Morgan fingerprint density at radius 1 is 1.16 bits per heavy atom. The number of H-pyrrole nitrogens is 1. The molecule has 0 saturated carbocycles. The first kappa shape index (κ1) is 20.2. The number of hydrogen-bond acceptors (Lipinski definition) is 6. The average Bonchev–Trinajstić information content (AvgIpc) is 3.18. The van der Waals surface area contributed by atoms with Crippen LogP contribution in [-0.2, 0) is 10.0 Å². The van der Waals surface area contributed by atoms with Crippen LogP contribution in [0.5, 0.6) is 5.88 Å². The largest absolute Gasteiger partial charge is 0.479 e. The van der Waals surface area contributed by atoms with Gasteiger partial charge in [0.25, 0.3) is 10.0 Å². The van der Waals surface area contributed by atoms with Gasteiger partial charge in [-0.3, -0.25) is 14.8 Å². The van der Waals surface area contributed by atoms with E-state index in [1.165, 1.54) is 31.6 Å². The van der Waals surface area contributed by atoms with Crippen molar-refractivity contribution in [3.8, 4) is 17.7 Å². The van der Waals surface area contributed by atoms with Crippen LogP contribution >= 0.6 is 0 Å². The quantitative estimate of drug-likeness (QED) is 0.472. The molecule has 0 bridgehead atoms. The van der Waals surface area contributed by atoms with Crippen LogP contribution in [0, 0.1) is 23.5 Å². The number of aromatic nitrogens is 4. The lowest BCUT2D eigenvalue weighted by atomic mass is 10.1. The summed E-state index contributed by atoms with van der Waals surface area (Å²) in [7, 11) is -2.67. The molecule has 8 nitrogen and oxygen atoms in total. The molecule has 31 heavy (non-hydrogen) atoms. The predicted molar refractivity (Wildman–Crippen MR) is 108 cm³/mol. The highest BCUT2D eigenvalue weighted by Gasteiger charge is 2.19. The second kappa shape index (κ2) is 8.00. The number of anilines is 1. The molecule has 0 spiro atoms. The number of benzene rings is 1. The molecule has 0 saturated heterocycles. The number of ether oxygens (including phenoxy) is 1. The third-order valence-electron chi connectivity index (χ3n) is 4.19. The third-order valence-corrected chi connectivity index (χ3v) is 5.54. The summed E-state index contributed by atoms with van der Waals surface area (Å²) in [5, 5.41) is 7.15. The number of hydrogen-bond donors (Lipinski definition) is 2. The Kier molecular flexibility index (Phi) is 5.22. The van der Waals surface area contributed by atoms with Crippen molar-refractivity contribution in [3.05, 3.63) is 71.7 Å². The fourth-order valence-corrected chi connectivity index (χ4v) is 3.72. The lowest BCUT2D eigenvalue weighted by Crippen LogP contribution is -2.14. The summed E-state index contributed by atoms with van der Waals surface area (Å²) < 4.78 is 61.1. The van der Waals surface area contributed by atoms with E-state index in [4.69, 9.17) is 4.74 Å². The summed E-state index contributed by atoms with van der Waals surface area (Å²) in [4.78, 5) is 7.68. The van der Waals surface area contributed by atoms with Gasteiger partial charge in [0.15, 0.2) is 11.5 Å². The number of methoxy groups -OCH3 is 1. The van der Waals surface area contributed by atoms with E-state index in [2.05, 4.69) is 36.7 Å². The molecule has 0 amide bonds. The number of aromatic amines is 1. The van der Waals surface area contributed by atoms with Gasteiger partial charge in [-0.15, -0.1) is 5.10 Å². The van der Waals surface area contributed by atoms with E-state index >= 15 is 0 Å². The van der Waals surface area contributed by atoms with Gasteiger partial charge in [0.05, 0.1) is 23.7 Å². The number of halogens is 2. The SMILES string of the molecule is COc1n[nH]c2ncc(C#Cc3c(F)ccc(NS(=O)(=O)c4cccnc4)c3F)cc12. The minimum atomic E-state index is -4.12. The summed E-state index contributed by atoms with van der Waals surface area (Å²) in [5.74, 6) is 3.24. The number of sulfonamides is 1. The fraction of sp³-hybridized carbons (Fsp3) is 0.0500. The molecule has 0 aliphatic heterocycles. The lowest BCUT2D eigenvalue weighted by Gasteiger charge is -2.10. The summed E-state index contributed by atoms with van der Waals surface area (Å²) in [6.45, 7) is 0. The van der Waals surface area contributed by atoms with Crippen LogP contribution in [0.25, 0.3) is 11.0 Å². The monoisotopic (exact) mass is 441 g/mol. The van der Waals surface area contributed by atoms with Gasteiger partial charge in [0.1, 0.15) is 10.7 Å². The van der Waals surface area contributed by atoms with Gasteiger partial charge >= 0.3 is 0 Å². The topological polar surface area (TPSA) is 110 Å². The molecule has 11 heteroatoms. The van der Waals surface area contributed by atoms with Gasteiger partial charge in [0.2, 0.25) is 5.88 Å². The molecule has 0 aliphatic rings. The summed E-state index contributed by atoms with van der Waals surface area (Å²) in [5.41, 5.74) is -0.218. The van der Waals surface area contributed by atoms with Crippen molar-refractivity contribution < 1.29 is 21.9 Å². The van der Waals surface area contributed by atoms with Crippen LogP contribution < -0.4 is 9.46 Å². The summed E-state index contributed by atoms with van der Waals surface area (Å²) in [6, 6.07) is 6.22. The maximum Gasteiger partial charge on any atom is 0.263 e. The number of pyridine rings is 2. The van der Waals surface area contributed by atoms with Gasteiger partial charge in [0, 0.05) is 24.2 Å². The van der Waals surface area contributed by atoms with Crippen molar-refractivity contribution in [1.29, 1.82) is 0 Å². The Morgan fingerprint density at radius 3 is 2.74 bits per heavy atom. The number of fused-ring (bicyclic) bond motifs is 1. The highest BCUT2D eigenvalue weighted by Crippen LogP contribution is 2.24. The molecule has 156 valence electrons. The maximum absolute atomic E-state index is 14.9. The van der Waals surface area contributed by atoms with Gasteiger partial charge in [-0.05, 0) is 30.3 Å². The molecule has 2 N–H and O–H groups in total. The lowest BCUT2D eigenvalue weighted by molar-refractivity contribution is 0.401. The number of nitrogens with zero attached hydrogens (tertiary/aromatic N) is 3. The maximum atomic E-state index is 14.9. The molecular formula is C20H13F2N5O3S. The fourth-order valence-electron chi connectivity index (χ4n) is 2.70. The Morgan fingerprint density at radius 2 is 2.00 bits per heavy atom. The highest BCUT2D eigenvalue weighted by atomic mass is 32.2. The van der Waals surface area contributed by atoms with Crippen LogP contribution in [0.15, 0.2) is 53.8 Å². The number of rotatable bonds is 4. The van der Waals surface area contributed by atoms with E-state index < -0.39 is 32.9 Å². The van der Waals surface area contributed by atoms with Gasteiger partial charge in [-0.2, -0.15) is 0 Å². The molecular weight excluding hydrogens is 428 g/mol. The third kappa shape index (κ3) is 4.01. The van der Waals surface area contributed by atoms with Crippen LogP contribution in [0.2, 0.25) is 0 Å². The van der Waals surface area contributed by atoms with Gasteiger partial charge < -0.3 is 4.74 Å². The van der Waals surface area contributed by atoms with Crippen LogP contribution in [0.1, 0.15) is 11.1 Å². The minimum absolute atomic E-state index is 0.167. The zero-order valence-corrected chi connectivity index (χ0v) is 16.7. The number of nitrogens with one attached hydrogen (secondary N) is 2. The summed E-state index contributed by atoms with van der Waals surface area (Å²) in [6.07, 6.45) is 3.91. The van der Waals surface area contributed by atoms with E-state index in [9.17, 15) is 17.2 Å². The first-order valence-electron chi connectivity index (χ1n) is 8.70. The molecule has 3 aromatic heterocycles. The molecule has 0 unspecified atom stereocenters. The molecule has 0 fully saturated rings. The average molecular weight is 441 g/mol. The standard InChI is InChI=1S/C20H13F2N5O3S/c1-30-20-15-9-12(10-24-19(15)25-26-20)4-5-14-16(21)6-7-17(18(14)22)27-31(28,29)13-3-2-8-23-11-13/h2-3,6-11,27H,1H3,(H,24,25,26). The first-order valence-corrected chi connectivity index (χ1v) is 10.2. The van der Waals surface area contributed by atoms with E-state index in [0.717, 1.165) is 18.3 Å². The Balaban J connectivity index is 1.70. The van der Waals surface area contributed by atoms with E-state index in [1.807, 2.05) is 0 Å². The van der Waals surface area contributed by atoms with E-state index in [0.29, 0.717) is 22.5 Å². The van der Waals surface area contributed by atoms with Crippen molar-refractivity contribution in [1.82, 2.24) is 20.2 Å². The van der Waals surface area contributed by atoms with Crippen molar-refractivity contribution in [2.75, 3.05) is 11.8 Å².